The highest BCUT2D eigenvalue weighted by Crippen LogP contribution is 2.23. The van der Waals surface area contributed by atoms with Crippen molar-refractivity contribution in [3.63, 3.8) is 0 Å². The van der Waals surface area contributed by atoms with Gasteiger partial charge in [0, 0.05) is 43.4 Å². The number of piperidine rings is 1. The second kappa shape index (κ2) is 5.74. The maximum atomic E-state index is 11.7. The van der Waals surface area contributed by atoms with Gasteiger partial charge in [-0.15, -0.1) is 0 Å². The molecule has 0 radical (unpaired) electrons. The molecule has 1 aliphatic carbocycles. The van der Waals surface area contributed by atoms with Crippen molar-refractivity contribution in [2.75, 3.05) is 13.1 Å². The van der Waals surface area contributed by atoms with E-state index in [-0.39, 0.29) is 5.91 Å². The number of carbonyl (C=O) groups is 1. The lowest BCUT2D eigenvalue weighted by Crippen LogP contribution is -2.30. The second-order valence-corrected chi connectivity index (χ2v) is 5.65. The summed E-state index contributed by atoms with van der Waals surface area (Å²) in [5, 5.41) is 6.46. The van der Waals surface area contributed by atoms with Crippen molar-refractivity contribution in [2.45, 2.75) is 50.6 Å². The Balaban J connectivity index is 1.54. The lowest BCUT2D eigenvalue weighted by atomic mass is 9.96. The lowest BCUT2D eigenvalue weighted by Gasteiger charge is -2.23. The summed E-state index contributed by atoms with van der Waals surface area (Å²) in [4.78, 5) is 16.0. The summed E-state index contributed by atoms with van der Waals surface area (Å²) >= 11 is 0. The number of nitrogens with one attached hydrogen (secondary N) is 2. The van der Waals surface area contributed by atoms with Crippen LogP contribution in [-0.4, -0.2) is 34.6 Å². The van der Waals surface area contributed by atoms with Crippen molar-refractivity contribution in [1.29, 1.82) is 0 Å². The van der Waals surface area contributed by atoms with E-state index in [1.807, 2.05) is 12.5 Å². The average molecular weight is 262 g/mol. The third-order valence-electron chi connectivity index (χ3n) is 3.98. The maximum absolute atomic E-state index is 11.7. The van der Waals surface area contributed by atoms with Crippen LogP contribution in [0, 0.1) is 0 Å². The van der Waals surface area contributed by atoms with E-state index in [1.165, 1.54) is 18.5 Å². The molecular weight excluding hydrogens is 240 g/mol. The van der Waals surface area contributed by atoms with E-state index in [0.717, 1.165) is 32.5 Å². The third-order valence-corrected chi connectivity index (χ3v) is 3.98. The van der Waals surface area contributed by atoms with E-state index in [2.05, 4.69) is 20.2 Å². The van der Waals surface area contributed by atoms with Crippen molar-refractivity contribution in [3.8, 4) is 0 Å². The Bertz CT molecular complexity index is 432. The van der Waals surface area contributed by atoms with E-state index < -0.39 is 0 Å². The molecule has 2 aliphatic rings. The highest BCUT2D eigenvalue weighted by Gasteiger charge is 2.23. The van der Waals surface area contributed by atoms with Crippen molar-refractivity contribution in [2.24, 2.45) is 0 Å². The molecule has 2 fully saturated rings. The van der Waals surface area contributed by atoms with Crippen molar-refractivity contribution in [1.82, 2.24) is 20.2 Å². The number of rotatable bonds is 5. The van der Waals surface area contributed by atoms with E-state index in [1.54, 1.807) is 0 Å². The molecule has 1 atom stereocenters. The van der Waals surface area contributed by atoms with E-state index in [9.17, 15) is 4.79 Å². The summed E-state index contributed by atoms with van der Waals surface area (Å²) < 4.78 is 2.14. The zero-order chi connectivity index (χ0) is 13.1. The topological polar surface area (TPSA) is 59.0 Å². The minimum absolute atomic E-state index is 0.170. The fraction of sp³-hybridized carbons (Fsp3) is 0.714. The SMILES string of the molecule is O=C(CCn1cncc1C1CCCNC1)NC1CC1. The highest BCUT2D eigenvalue weighted by atomic mass is 16.1. The Labute approximate surface area is 113 Å². The van der Waals surface area contributed by atoms with Crippen LogP contribution in [0.25, 0.3) is 0 Å². The molecule has 1 unspecified atom stereocenters. The summed E-state index contributed by atoms with van der Waals surface area (Å²) in [6.07, 6.45) is 9.10. The summed E-state index contributed by atoms with van der Waals surface area (Å²) in [5.74, 6) is 0.715. The van der Waals surface area contributed by atoms with Crippen molar-refractivity contribution in [3.05, 3.63) is 18.2 Å². The predicted octanol–water partition coefficient (Wildman–Crippen LogP) is 1.02. The minimum atomic E-state index is 0.170. The van der Waals surface area contributed by atoms with Gasteiger partial charge < -0.3 is 15.2 Å². The molecule has 1 amide bonds. The van der Waals surface area contributed by atoms with Crippen LogP contribution in [0.15, 0.2) is 12.5 Å². The van der Waals surface area contributed by atoms with Crippen LogP contribution in [0.2, 0.25) is 0 Å². The van der Waals surface area contributed by atoms with Crippen LogP contribution >= 0.6 is 0 Å². The summed E-state index contributed by atoms with van der Waals surface area (Å²) in [7, 11) is 0. The van der Waals surface area contributed by atoms with Gasteiger partial charge in [-0.3, -0.25) is 4.79 Å². The van der Waals surface area contributed by atoms with Crippen molar-refractivity contribution < 1.29 is 4.79 Å². The fourth-order valence-electron chi connectivity index (χ4n) is 2.71. The number of aromatic nitrogens is 2. The number of amides is 1. The normalized spacial score (nSPS) is 23.3. The summed E-state index contributed by atoms with van der Waals surface area (Å²) in [6, 6.07) is 0.456. The molecule has 3 rings (SSSR count). The Hall–Kier alpha value is -1.36. The van der Waals surface area contributed by atoms with Crippen LogP contribution in [0.3, 0.4) is 0 Å². The Morgan fingerprint density at radius 1 is 1.47 bits per heavy atom. The van der Waals surface area contributed by atoms with Crippen LogP contribution in [0.1, 0.15) is 43.7 Å². The van der Waals surface area contributed by atoms with Gasteiger partial charge in [0.25, 0.3) is 0 Å². The number of imidazole rings is 1. The van der Waals surface area contributed by atoms with Crippen LogP contribution in [0.5, 0.6) is 0 Å². The van der Waals surface area contributed by atoms with E-state index in [0.29, 0.717) is 18.4 Å². The first-order valence-electron chi connectivity index (χ1n) is 7.33. The maximum Gasteiger partial charge on any atom is 0.222 e. The summed E-state index contributed by atoms with van der Waals surface area (Å²) in [5.41, 5.74) is 1.27. The van der Waals surface area contributed by atoms with Gasteiger partial charge in [-0.25, -0.2) is 4.98 Å². The second-order valence-electron chi connectivity index (χ2n) is 5.65. The number of hydrogen-bond acceptors (Lipinski definition) is 3. The molecule has 0 aromatic carbocycles. The van der Waals surface area contributed by atoms with Gasteiger partial charge in [-0.05, 0) is 32.2 Å². The van der Waals surface area contributed by atoms with Crippen LogP contribution in [-0.2, 0) is 11.3 Å². The van der Waals surface area contributed by atoms with Gasteiger partial charge in [0.2, 0.25) is 5.91 Å². The van der Waals surface area contributed by atoms with E-state index in [4.69, 9.17) is 0 Å². The molecule has 1 aromatic heterocycles. The molecule has 0 bridgehead atoms. The Morgan fingerprint density at radius 2 is 2.37 bits per heavy atom. The molecule has 5 nitrogen and oxygen atoms in total. The molecule has 0 spiro atoms. The largest absolute Gasteiger partial charge is 0.353 e. The first-order chi connectivity index (χ1) is 9.33. The average Bonchev–Trinajstić information content (AvgIpc) is 3.12. The van der Waals surface area contributed by atoms with Gasteiger partial charge >= 0.3 is 0 Å². The van der Waals surface area contributed by atoms with Crippen LogP contribution < -0.4 is 10.6 Å². The summed E-state index contributed by atoms with van der Waals surface area (Å²) in [6.45, 7) is 2.89. The molecule has 5 heteroatoms. The third kappa shape index (κ3) is 3.35. The molecule has 1 aliphatic heterocycles. The van der Waals surface area contributed by atoms with Crippen molar-refractivity contribution >= 4 is 5.91 Å². The number of hydrogen-bond donors (Lipinski definition) is 2. The standard InChI is InChI=1S/C14H22N4O/c19-14(17-12-3-4-12)5-7-18-10-16-9-13(18)11-2-1-6-15-8-11/h9-12,15H,1-8H2,(H,17,19). The van der Waals surface area contributed by atoms with Gasteiger partial charge in [0.1, 0.15) is 0 Å². The number of nitrogens with zero attached hydrogens (tertiary/aromatic N) is 2. The van der Waals surface area contributed by atoms with Crippen LogP contribution in [0.4, 0.5) is 0 Å². The Kier molecular flexibility index (Phi) is 3.82. The molecule has 1 saturated heterocycles. The first-order valence-corrected chi connectivity index (χ1v) is 7.33. The molecule has 2 heterocycles. The lowest BCUT2D eigenvalue weighted by molar-refractivity contribution is -0.121. The predicted molar refractivity (Wildman–Crippen MR) is 72.9 cm³/mol. The Morgan fingerprint density at radius 3 is 3.11 bits per heavy atom. The number of aryl methyl sites for hydroxylation is 1. The monoisotopic (exact) mass is 262 g/mol. The molecular formula is C14H22N4O. The number of carbonyl (C=O) groups excluding carboxylic acids is 1. The highest BCUT2D eigenvalue weighted by molar-refractivity contribution is 5.76. The smallest absolute Gasteiger partial charge is 0.222 e. The zero-order valence-corrected chi connectivity index (χ0v) is 11.3. The molecule has 19 heavy (non-hydrogen) atoms. The first kappa shape index (κ1) is 12.7. The zero-order valence-electron chi connectivity index (χ0n) is 11.3. The van der Waals surface area contributed by atoms with Gasteiger partial charge in [0.05, 0.1) is 6.33 Å². The molecule has 104 valence electrons. The van der Waals surface area contributed by atoms with Gasteiger partial charge in [0.15, 0.2) is 0 Å². The molecule has 1 aromatic rings. The molecule has 2 N–H and O–H groups in total. The minimum Gasteiger partial charge on any atom is -0.353 e. The quantitative estimate of drug-likeness (QED) is 0.833. The van der Waals surface area contributed by atoms with Gasteiger partial charge in [-0.2, -0.15) is 0 Å². The fourth-order valence-corrected chi connectivity index (χ4v) is 2.71. The van der Waals surface area contributed by atoms with Gasteiger partial charge in [-0.1, -0.05) is 0 Å². The molecule has 1 saturated carbocycles. The van der Waals surface area contributed by atoms with E-state index >= 15 is 0 Å².